The molecule has 0 bridgehead atoms. The van der Waals surface area contributed by atoms with Crippen LogP contribution in [-0.4, -0.2) is 17.2 Å². The fourth-order valence-corrected chi connectivity index (χ4v) is 1.17. The molecule has 0 aliphatic heterocycles. The number of hydrogen-bond donors (Lipinski definition) is 1. The lowest BCUT2D eigenvalue weighted by Gasteiger charge is -2.16. The van der Waals surface area contributed by atoms with Crippen LogP contribution in [0.3, 0.4) is 0 Å². The lowest BCUT2D eigenvalue weighted by Crippen LogP contribution is -2.21. The molecule has 0 saturated heterocycles. The molecule has 76 valence electrons. The van der Waals surface area contributed by atoms with Crippen LogP contribution in [0.15, 0.2) is 30.3 Å². The minimum Gasteiger partial charge on any atom is -0.479 e. The zero-order valence-corrected chi connectivity index (χ0v) is 8.31. The molecule has 14 heavy (non-hydrogen) atoms. The third kappa shape index (κ3) is 2.85. The molecule has 0 saturated carbocycles. The lowest BCUT2D eigenvalue weighted by molar-refractivity contribution is -0.152. The predicted octanol–water partition coefficient (Wildman–Crippen LogP) is 2.24. The summed E-state index contributed by atoms with van der Waals surface area (Å²) in [6.07, 6.45) is -0.965. The summed E-state index contributed by atoms with van der Waals surface area (Å²) in [7, 11) is 0. The molecule has 0 amide bonds. The van der Waals surface area contributed by atoms with Gasteiger partial charge < -0.3 is 9.84 Å². The first-order chi connectivity index (χ1) is 6.61. The summed E-state index contributed by atoms with van der Waals surface area (Å²) in [5.41, 5.74) is 0.987. The average molecular weight is 194 g/mol. The zero-order valence-electron chi connectivity index (χ0n) is 8.31. The first kappa shape index (κ1) is 10.7. The monoisotopic (exact) mass is 194 g/mol. The van der Waals surface area contributed by atoms with Gasteiger partial charge in [0.15, 0.2) is 6.10 Å². The number of carbonyl (C=O) groups is 1. The molecule has 0 radical (unpaired) electrons. The van der Waals surface area contributed by atoms with Gasteiger partial charge in [-0.3, -0.25) is 0 Å². The van der Waals surface area contributed by atoms with E-state index in [0.717, 1.165) is 5.56 Å². The number of aliphatic carboxylic acids is 1. The summed E-state index contributed by atoms with van der Waals surface area (Å²) in [5, 5.41) is 8.65. The number of carboxylic acid groups (broad SMARTS) is 1. The van der Waals surface area contributed by atoms with Crippen LogP contribution < -0.4 is 0 Å². The van der Waals surface area contributed by atoms with Gasteiger partial charge in [-0.15, -0.1) is 0 Å². The van der Waals surface area contributed by atoms with Gasteiger partial charge in [-0.25, -0.2) is 4.79 Å². The van der Waals surface area contributed by atoms with Gasteiger partial charge >= 0.3 is 5.97 Å². The maximum absolute atomic E-state index is 10.5. The number of rotatable bonds is 4. The van der Waals surface area contributed by atoms with E-state index in [2.05, 4.69) is 0 Å². The summed E-state index contributed by atoms with van der Waals surface area (Å²) in [5.74, 6) is -0.937. The van der Waals surface area contributed by atoms with Crippen LogP contribution in [0.1, 0.15) is 25.5 Å². The maximum Gasteiger partial charge on any atom is 0.332 e. The van der Waals surface area contributed by atoms with Gasteiger partial charge in [0.2, 0.25) is 0 Å². The number of ether oxygens (including phenoxy) is 1. The van der Waals surface area contributed by atoms with Crippen molar-refractivity contribution in [3.8, 4) is 0 Å². The standard InChI is InChI=1S/C11H14O3/c1-8(14-9(2)11(12)13)10-6-4-3-5-7-10/h3-9H,1-2H3,(H,12,13). The van der Waals surface area contributed by atoms with Crippen molar-refractivity contribution in [3.63, 3.8) is 0 Å². The minimum absolute atomic E-state index is 0.192. The van der Waals surface area contributed by atoms with E-state index in [4.69, 9.17) is 9.84 Å². The summed E-state index contributed by atoms with van der Waals surface area (Å²) in [4.78, 5) is 10.5. The molecule has 0 heterocycles. The van der Waals surface area contributed by atoms with Gasteiger partial charge in [0.1, 0.15) is 0 Å². The van der Waals surface area contributed by atoms with Crippen LogP contribution in [0, 0.1) is 0 Å². The van der Waals surface area contributed by atoms with E-state index < -0.39 is 12.1 Å². The predicted molar refractivity (Wildman–Crippen MR) is 53.0 cm³/mol. The number of carboxylic acids is 1. The molecular formula is C11H14O3. The molecule has 1 rings (SSSR count). The normalized spacial score (nSPS) is 14.7. The van der Waals surface area contributed by atoms with Crippen molar-refractivity contribution >= 4 is 5.97 Å². The third-order valence-electron chi connectivity index (χ3n) is 2.03. The van der Waals surface area contributed by atoms with E-state index >= 15 is 0 Å². The van der Waals surface area contributed by atoms with E-state index in [9.17, 15) is 4.79 Å². The topological polar surface area (TPSA) is 46.5 Å². The minimum atomic E-state index is -0.937. The Morgan fingerprint density at radius 2 is 1.86 bits per heavy atom. The first-order valence-electron chi connectivity index (χ1n) is 4.54. The Bertz CT molecular complexity index is 295. The maximum atomic E-state index is 10.5. The molecule has 0 aromatic heterocycles. The molecule has 3 heteroatoms. The van der Waals surface area contributed by atoms with Gasteiger partial charge in [-0.1, -0.05) is 30.3 Å². The molecule has 3 nitrogen and oxygen atoms in total. The van der Waals surface area contributed by atoms with Crippen LogP contribution in [-0.2, 0) is 9.53 Å². The molecule has 1 aromatic carbocycles. The van der Waals surface area contributed by atoms with Crippen molar-refractivity contribution < 1.29 is 14.6 Å². The van der Waals surface area contributed by atoms with Crippen molar-refractivity contribution in [2.75, 3.05) is 0 Å². The summed E-state index contributed by atoms with van der Waals surface area (Å²) in [6.45, 7) is 3.37. The largest absolute Gasteiger partial charge is 0.479 e. The highest BCUT2D eigenvalue weighted by Gasteiger charge is 2.15. The lowest BCUT2D eigenvalue weighted by atomic mass is 10.1. The fourth-order valence-electron chi connectivity index (χ4n) is 1.17. The van der Waals surface area contributed by atoms with Crippen molar-refractivity contribution in [3.05, 3.63) is 35.9 Å². The highest BCUT2D eigenvalue weighted by Crippen LogP contribution is 2.17. The van der Waals surface area contributed by atoms with Gasteiger partial charge in [-0.2, -0.15) is 0 Å². The van der Waals surface area contributed by atoms with Gasteiger partial charge in [0.05, 0.1) is 6.10 Å². The smallest absolute Gasteiger partial charge is 0.332 e. The van der Waals surface area contributed by atoms with E-state index in [-0.39, 0.29) is 6.10 Å². The molecule has 2 atom stereocenters. The van der Waals surface area contributed by atoms with E-state index in [1.54, 1.807) is 0 Å². The Hall–Kier alpha value is -1.35. The van der Waals surface area contributed by atoms with Crippen LogP contribution >= 0.6 is 0 Å². The summed E-state index contributed by atoms with van der Waals surface area (Å²) < 4.78 is 5.30. The fraction of sp³-hybridized carbons (Fsp3) is 0.364. The first-order valence-corrected chi connectivity index (χ1v) is 4.54. The van der Waals surface area contributed by atoms with Crippen molar-refractivity contribution in [1.82, 2.24) is 0 Å². The van der Waals surface area contributed by atoms with Crippen LogP contribution in [0.25, 0.3) is 0 Å². The Kier molecular flexibility index (Phi) is 3.65. The van der Waals surface area contributed by atoms with Crippen molar-refractivity contribution in [1.29, 1.82) is 0 Å². The van der Waals surface area contributed by atoms with E-state index in [1.165, 1.54) is 6.92 Å². The Labute approximate surface area is 83.3 Å². The quantitative estimate of drug-likeness (QED) is 0.799. The van der Waals surface area contributed by atoms with Crippen LogP contribution in [0.5, 0.6) is 0 Å². The second-order valence-electron chi connectivity index (χ2n) is 3.17. The average Bonchev–Trinajstić information content (AvgIpc) is 2.19. The Morgan fingerprint density at radius 3 is 2.36 bits per heavy atom. The van der Waals surface area contributed by atoms with Crippen molar-refractivity contribution in [2.45, 2.75) is 26.1 Å². The Balaban J connectivity index is 2.59. The summed E-state index contributed by atoms with van der Waals surface area (Å²) in [6, 6.07) is 9.55. The second kappa shape index (κ2) is 4.77. The molecule has 2 unspecified atom stereocenters. The molecule has 0 fully saturated rings. The van der Waals surface area contributed by atoms with Crippen LogP contribution in [0.2, 0.25) is 0 Å². The highest BCUT2D eigenvalue weighted by molar-refractivity contribution is 5.71. The SMILES string of the molecule is CC(OC(C)c1ccccc1)C(=O)O. The van der Waals surface area contributed by atoms with Crippen LogP contribution in [0.4, 0.5) is 0 Å². The molecule has 1 aromatic rings. The molecule has 1 N–H and O–H groups in total. The van der Waals surface area contributed by atoms with Gasteiger partial charge in [0, 0.05) is 0 Å². The number of benzene rings is 1. The third-order valence-corrected chi connectivity index (χ3v) is 2.03. The van der Waals surface area contributed by atoms with Gasteiger partial charge in [-0.05, 0) is 19.4 Å². The molecular weight excluding hydrogens is 180 g/mol. The second-order valence-corrected chi connectivity index (χ2v) is 3.17. The van der Waals surface area contributed by atoms with Crippen molar-refractivity contribution in [2.24, 2.45) is 0 Å². The highest BCUT2D eigenvalue weighted by atomic mass is 16.5. The molecule has 0 spiro atoms. The van der Waals surface area contributed by atoms with Gasteiger partial charge in [0.25, 0.3) is 0 Å². The molecule has 0 aliphatic rings. The molecule has 0 aliphatic carbocycles. The zero-order chi connectivity index (χ0) is 10.6. The summed E-state index contributed by atoms with van der Waals surface area (Å²) >= 11 is 0. The van der Waals surface area contributed by atoms with E-state index in [1.807, 2.05) is 37.3 Å². The van der Waals surface area contributed by atoms with E-state index in [0.29, 0.717) is 0 Å². The Morgan fingerprint density at radius 1 is 1.29 bits per heavy atom. The number of hydrogen-bond acceptors (Lipinski definition) is 2.